The highest BCUT2D eigenvalue weighted by Crippen LogP contribution is 2.23. The first kappa shape index (κ1) is 14.3. The van der Waals surface area contributed by atoms with Gasteiger partial charge in [0.05, 0.1) is 7.11 Å². The van der Waals surface area contributed by atoms with E-state index in [0.717, 1.165) is 38.0 Å². The fourth-order valence-corrected chi connectivity index (χ4v) is 2.78. The molecule has 1 atom stereocenters. The molecule has 1 saturated heterocycles. The van der Waals surface area contributed by atoms with Gasteiger partial charge in [0, 0.05) is 19.7 Å². The molecule has 4 heteroatoms. The van der Waals surface area contributed by atoms with Gasteiger partial charge in [-0.2, -0.15) is 0 Å². The zero-order valence-corrected chi connectivity index (χ0v) is 11.4. The van der Waals surface area contributed by atoms with Crippen LogP contribution >= 0.6 is 0 Å². The summed E-state index contributed by atoms with van der Waals surface area (Å²) in [6, 6.07) is 5.14. The summed E-state index contributed by atoms with van der Waals surface area (Å²) in [6.07, 6.45) is 3.21. The van der Waals surface area contributed by atoms with E-state index < -0.39 is 0 Å². The number of aliphatic hydroxyl groups excluding tert-OH is 1. The van der Waals surface area contributed by atoms with Crippen LogP contribution in [0.25, 0.3) is 0 Å². The molecule has 1 aliphatic heterocycles. The molecule has 1 heterocycles. The minimum Gasteiger partial charge on any atom is -0.494 e. The van der Waals surface area contributed by atoms with Gasteiger partial charge in [0.2, 0.25) is 0 Å². The third-order valence-electron chi connectivity index (χ3n) is 3.76. The van der Waals surface area contributed by atoms with E-state index in [2.05, 4.69) is 4.90 Å². The number of likely N-dealkylation sites (tertiary alicyclic amines) is 1. The van der Waals surface area contributed by atoms with E-state index in [1.807, 2.05) is 6.07 Å². The molecule has 0 spiro atoms. The fourth-order valence-electron chi connectivity index (χ4n) is 2.78. The Bertz CT molecular complexity index is 409. The van der Waals surface area contributed by atoms with Crippen LogP contribution in [0, 0.1) is 11.7 Å². The highest BCUT2D eigenvalue weighted by Gasteiger charge is 2.19. The van der Waals surface area contributed by atoms with Crippen molar-refractivity contribution in [1.82, 2.24) is 4.90 Å². The Labute approximate surface area is 114 Å². The predicted molar refractivity (Wildman–Crippen MR) is 72.7 cm³/mol. The highest BCUT2D eigenvalue weighted by molar-refractivity contribution is 5.29. The Kier molecular flexibility index (Phi) is 5.16. The molecule has 0 aliphatic carbocycles. The van der Waals surface area contributed by atoms with Crippen LogP contribution < -0.4 is 4.74 Å². The average molecular weight is 267 g/mol. The van der Waals surface area contributed by atoms with Crippen molar-refractivity contribution >= 4 is 0 Å². The summed E-state index contributed by atoms with van der Waals surface area (Å²) in [5.41, 5.74) is 0.975. The zero-order valence-electron chi connectivity index (χ0n) is 11.4. The summed E-state index contributed by atoms with van der Waals surface area (Å²) >= 11 is 0. The predicted octanol–water partition coefficient (Wildman–Crippen LogP) is 2.43. The summed E-state index contributed by atoms with van der Waals surface area (Å²) in [5.74, 6) is 0.561. The van der Waals surface area contributed by atoms with E-state index >= 15 is 0 Å². The molecule has 0 saturated carbocycles. The standard InChI is InChI=1S/C15H22FNO2/c1-19-15-5-4-13(9-14(15)16)11-17-7-2-3-12(10-17)6-8-18/h4-5,9,12,18H,2-3,6-8,10-11H2,1H3. The summed E-state index contributed by atoms with van der Waals surface area (Å²) in [4.78, 5) is 2.34. The van der Waals surface area contributed by atoms with E-state index in [1.54, 1.807) is 12.1 Å². The van der Waals surface area contributed by atoms with Crippen molar-refractivity contribution in [2.75, 3.05) is 26.8 Å². The van der Waals surface area contributed by atoms with Gasteiger partial charge in [-0.1, -0.05) is 6.07 Å². The summed E-state index contributed by atoms with van der Waals surface area (Å²) in [6.45, 7) is 3.07. The van der Waals surface area contributed by atoms with Gasteiger partial charge in [-0.25, -0.2) is 4.39 Å². The number of rotatable bonds is 5. The van der Waals surface area contributed by atoms with Gasteiger partial charge in [-0.15, -0.1) is 0 Å². The molecule has 0 bridgehead atoms. The normalized spacial score (nSPS) is 20.5. The van der Waals surface area contributed by atoms with Crippen molar-refractivity contribution < 1.29 is 14.2 Å². The molecule has 0 amide bonds. The maximum atomic E-state index is 13.6. The first-order valence-electron chi connectivity index (χ1n) is 6.88. The third kappa shape index (κ3) is 3.91. The van der Waals surface area contributed by atoms with E-state index in [9.17, 15) is 4.39 Å². The number of ether oxygens (including phenoxy) is 1. The summed E-state index contributed by atoms with van der Waals surface area (Å²) < 4.78 is 18.5. The molecule has 2 rings (SSSR count). The van der Waals surface area contributed by atoms with Crippen LogP contribution in [0.2, 0.25) is 0 Å². The SMILES string of the molecule is COc1ccc(CN2CCCC(CCO)C2)cc1F. The molecule has 0 aromatic heterocycles. The van der Waals surface area contributed by atoms with Crippen LogP contribution in [0.5, 0.6) is 5.75 Å². The van der Waals surface area contributed by atoms with Crippen molar-refractivity contribution in [2.45, 2.75) is 25.8 Å². The first-order chi connectivity index (χ1) is 9.22. The monoisotopic (exact) mass is 267 g/mol. The van der Waals surface area contributed by atoms with Crippen molar-refractivity contribution in [2.24, 2.45) is 5.92 Å². The van der Waals surface area contributed by atoms with Crippen LogP contribution in [0.1, 0.15) is 24.8 Å². The lowest BCUT2D eigenvalue weighted by Gasteiger charge is -2.32. The number of hydrogen-bond donors (Lipinski definition) is 1. The molecule has 1 aliphatic rings. The first-order valence-corrected chi connectivity index (χ1v) is 6.88. The van der Waals surface area contributed by atoms with Gasteiger partial charge in [0.15, 0.2) is 11.6 Å². The van der Waals surface area contributed by atoms with E-state index in [4.69, 9.17) is 9.84 Å². The Morgan fingerprint density at radius 2 is 2.32 bits per heavy atom. The molecule has 1 aromatic rings. The van der Waals surface area contributed by atoms with Gasteiger partial charge >= 0.3 is 0 Å². The Hall–Kier alpha value is -1.13. The molecular formula is C15H22FNO2. The maximum absolute atomic E-state index is 13.6. The Morgan fingerprint density at radius 3 is 3.00 bits per heavy atom. The number of aliphatic hydroxyl groups is 1. The lowest BCUT2D eigenvalue weighted by atomic mass is 9.95. The van der Waals surface area contributed by atoms with Crippen molar-refractivity contribution in [3.8, 4) is 5.75 Å². The highest BCUT2D eigenvalue weighted by atomic mass is 19.1. The molecule has 3 nitrogen and oxygen atoms in total. The quantitative estimate of drug-likeness (QED) is 0.889. The average Bonchev–Trinajstić information content (AvgIpc) is 2.40. The molecule has 0 radical (unpaired) electrons. The second kappa shape index (κ2) is 6.87. The summed E-state index contributed by atoms with van der Waals surface area (Å²) in [7, 11) is 1.47. The number of hydrogen-bond acceptors (Lipinski definition) is 3. The Morgan fingerprint density at radius 1 is 1.47 bits per heavy atom. The van der Waals surface area contributed by atoms with Crippen LogP contribution in [-0.2, 0) is 6.54 Å². The molecule has 1 unspecified atom stereocenters. The number of nitrogens with zero attached hydrogens (tertiary/aromatic N) is 1. The van der Waals surface area contributed by atoms with Gasteiger partial charge < -0.3 is 9.84 Å². The summed E-state index contributed by atoms with van der Waals surface area (Å²) in [5, 5.41) is 9.01. The smallest absolute Gasteiger partial charge is 0.165 e. The van der Waals surface area contributed by atoms with Gasteiger partial charge in [0.1, 0.15) is 0 Å². The Balaban J connectivity index is 1.94. The van der Waals surface area contributed by atoms with E-state index in [0.29, 0.717) is 11.7 Å². The van der Waals surface area contributed by atoms with Gasteiger partial charge in [-0.3, -0.25) is 4.90 Å². The number of methoxy groups -OCH3 is 1. The lowest BCUT2D eigenvalue weighted by Crippen LogP contribution is -2.35. The van der Waals surface area contributed by atoms with Crippen LogP contribution in [0.15, 0.2) is 18.2 Å². The molecular weight excluding hydrogens is 245 g/mol. The molecule has 1 fully saturated rings. The largest absolute Gasteiger partial charge is 0.494 e. The number of halogens is 1. The molecule has 1 aromatic carbocycles. The second-order valence-electron chi connectivity index (χ2n) is 5.22. The maximum Gasteiger partial charge on any atom is 0.165 e. The molecule has 1 N–H and O–H groups in total. The number of piperidine rings is 1. The van der Waals surface area contributed by atoms with E-state index in [1.165, 1.54) is 13.5 Å². The van der Waals surface area contributed by atoms with Gasteiger partial charge in [-0.05, 0) is 49.4 Å². The topological polar surface area (TPSA) is 32.7 Å². The second-order valence-corrected chi connectivity index (χ2v) is 5.22. The minimum absolute atomic E-state index is 0.260. The lowest BCUT2D eigenvalue weighted by molar-refractivity contribution is 0.142. The van der Waals surface area contributed by atoms with Crippen LogP contribution in [0.4, 0.5) is 4.39 Å². The van der Waals surface area contributed by atoms with E-state index in [-0.39, 0.29) is 12.4 Å². The molecule has 19 heavy (non-hydrogen) atoms. The van der Waals surface area contributed by atoms with Crippen LogP contribution in [-0.4, -0.2) is 36.8 Å². The number of benzene rings is 1. The minimum atomic E-state index is -0.302. The zero-order chi connectivity index (χ0) is 13.7. The van der Waals surface area contributed by atoms with Gasteiger partial charge in [0.25, 0.3) is 0 Å². The molecule has 106 valence electrons. The fraction of sp³-hybridized carbons (Fsp3) is 0.600. The van der Waals surface area contributed by atoms with Crippen molar-refractivity contribution in [3.05, 3.63) is 29.6 Å². The van der Waals surface area contributed by atoms with Crippen molar-refractivity contribution in [3.63, 3.8) is 0 Å². The third-order valence-corrected chi connectivity index (χ3v) is 3.76. The van der Waals surface area contributed by atoms with Crippen LogP contribution in [0.3, 0.4) is 0 Å². The van der Waals surface area contributed by atoms with Crippen molar-refractivity contribution in [1.29, 1.82) is 0 Å².